The first-order valence-electron chi connectivity index (χ1n) is 6.19. The molecule has 0 aliphatic rings. The molecule has 21 heavy (non-hydrogen) atoms. The highest BCUT2D eigenvalue weighted by Gasteiger charge is 2.24. The van der Waals surface area contributed by atoms with Crippen LogP contribution in [0.3, 0.4) is 0 Å². The van der Waals surface area contributed by atoms with E-state index < -0.39 is 27.8 Å². The Morgan fingerprint density at radius 1 is 1.33 bits per heavy atom. The molecule has 2 atom stereocenters. The minimum absolute atomic E-state index is 0.100. The third kappa shape index (κ3) is 6.90. The van der Waals surface area contributed by atoms with Crippen LogP contribution in [0.25, 0.3) is 0 Å². The van der Waals surface area contributed by atoms with Gasteiger partial charge in [-0.2, -0.15) is 0 Å². The topological polar surface area (TPSA) is 72.5 Å². The van der Waals surface area contributed by atoms with Gasteiger partial charge in [0, 0.05) is 16.2 Å². The smallest absolute Gasteiger partial charge is 0.322 e. The number of ether oxygens (including phenoxy) is 1. The number of benzene rings is 1. The maximum atomic E-state index is 12.0. The molecule has 0 saturated carbocycles. The molecule has 0 radical (unpaired) electrons. The summed E-state index contributed by atoms with van der Waals surface area (Å²) in [5.41, 5.74) is 0.844. The van der Waals surface area contributed by atoms with Gasteiger partial charge in [0.1, 0.15) is 0 Å². The SMILES string of the molecule is COC(=O)CS(=O)(=O)NC(CC(Br)CBr)c1ccccc1. The van der Waals surface area contributed by atoms with Crippen molar-refractivity contribution in [2.45, 2.75) is 17.3 Å². The number of carbonyl (C=O) groups excluding carboxylic acids is 1. The van der Waals surface area contributed by atoms with Crippen LogP contribution in [0.2, 0.25) is 0 Å². The second-order valence-corrected chi connectivity index (χ2v) is 8.10. The summed E-state index contributed by atoms with van der Waals surface area (Å²) in [6.45, 7) is 0. The first kappa shape index (κ1) is 18.6. The molecule has 0 heterocycles. The Kier molecular flexibility index (Phi) is 7.86. The van der Waals surface area contributed by atoms with Gasteiger partial charge in [-0.15, -0.1) is 0 Å². The highest BCUT2D eigenvalue weighted by atomic mass is 79.9. The van der Waals surface area contributed by atoms with Gasteiger partial charge in [-0.3, -0.25) is 4.79 Å². The molecule has 0 amide bonds. The lowest BCUT2D eigenvalue weighted by Crippen LogP contribution is -2.35. The molecular formula is C13H17Br2NO4S. The number of rotatable bonds is 8. The van der Waals surface area contributed by atoms with Gasteiger partial charge in [0.2, 0.25) is 10.0 Å². The Bertz CT molecular complexity index is 551. The predicted molar refractivity (Wildman–Crippen MR) is 89.2 cm³/mol. The van der Waals surface area contributed by atoms with Crippen molar-refractivity contribution in [1.29, 1.82) is 0 Å². The lowest BCUT2D eigenvalue weighted by Gasteiger charge is -2.21. The fraction of sp³-hybridized carbons (Fsp3) is 0.462. The van der Waals surface area contributed by atoms with Gasteiger partial charge in [-0.05, 0) is 12.0 Å². The van der Waals surface area contributed by atoms with Crippen molar-refractivity contribution in [2.24, 2.45) is 0 Å². The quantitative estimate of drug-likeness (QED) is 0.495. The van der Waals surface area contributed by atoms with Crippen LogP contribution in [-0.2, 0) is 19.6 Å². The standard InChI is InChI=1S/C13H17Br2NO4S/c1-20-13(17)9-21(18,19)16-12(7-11(15)8-14)10-5-3-2-4-6-10/h2-6,11-12,16H,7-9H2,1H3. The third-order valence-electron chi connectivity index (χ3n) is 2.72. The van der Waals surface area contributed by atoms with Crippen molar-refractivity contribution in [1.82, 2.24) is 4.72 Å². The highest BCUT2D eigenvalue weighted by Crippen LogP contribution is 2.23. The van der Waals surface area contributed by atoms with Crippen LogP contribution >= 0.6 is 31.9 Å². The molecule has 0 fully saturated rings. The maximum absolute atomic E-state index is 12.0. The van der Waals surface area contributed by atoms with E-state index in [9.17, 15) is 13.2 Å². The fourth-order valence-corrected chi connectivity index (χ4v) is 3.54. The fourth-order valence-electron chi connectivity index (χ4n) is 1.73. The third-order valence-corrected chi connectivity index (χ3v) is 6.33. The van der Waals surface area contributed by atoms with Crippen LogP contribution in [0.1, 0.15) is 18.0 Å². The first-order chi connectivity index (χ1) is 9.88. The molecule has 0 aliphatic heterocycles. The van der Waals surface area contributed by atoms with Crippen LogP contribution in [0.15, 0.2) is 30.3 Å². The molecule has 0 aromatic heterocycles. The first-order valence-corrected chi connectivity index (χ1v) is 9.88. The Balaban J connectivity index is 2.90. The van der Waals surface area contributed by atoms with E-state index >= 15 is 0 Å². The molecule has 0 saturated heterocycles. The summed E-state index contributed by atoms with van der Waals surface area (Å²) in [5.74, 6) is -1.47. The summed E-state index contributed by atoms with van der Waals surface area (Å²) in [7, 11) is -2.60. The van der Waals surface area contributed by atoms with E-state index in [2.05, 4.69) is 41.3 Å². The molecule has 5 nitrogen and oxygen atoms in total. The van der Waals surface area contributed by atoms with Crippen LogP contribution in [0.5, 0.6) is 0 Å². The molecule has 8 heteroatoms. The van der Waals surface area contributed by atoms with Gasteiger partial charge >= 0.3 is 5.97 Å². The van der Waals surface area contributed by atoms with E-state index in [4.69, 9.17) is 0 Å². The number of hydrogen-bond donors (Lipinski definition) is 1. The van der Waals surface area contributed by atoms with E-state index in [1.807, 2.05) is 30.3 Å². The molecule has 1 N–H and O–H groups in total. The normalized spacial score (nSPS) is 14.4. The number of carbonyl (C=O) groups is 1. The number of halogens is 2. The van der Waals surface area contributed by atoms with E-state index in [1.54, 1.807) is 0 Å². The summed E-state index contributed by atoms with van der Waals surface area (Å²) in [4.78, 5) is 11.3. The Morgan fingerprint density at radius 2 is 1.95 bits per heavy atom. The summed E-state index contributed by atoms with van der Waals surface area (Å²) in [5, 5.41) is 0.690. The second-order valence-electron chi connectivity index (χ2n) is 4.40. The van der Waals surface area contributed by atoms with Gasteiger partial charge in [0.05, 0.1) is 7.11 Å². The van der Waals surface area contributed by atoms with E-state index in [-0.39, 0.29) is 4.83 Å². The molecule has 1 aromatic carbocycles. The summed E-state index contributed by atoms with van der Waals surface area (Å²) in [6.07, 6.45) is 0.551. The van der Waals surface area contributed by atoms with Gasteiger partial charge < -0.3 is 4.74 Å². The van der Waals surface area contributed by atoms with E-state index in [0.29, 0.717) is 11.8 Å². The zero-order chi connectivity index (χ0) is 15.9. The molecule has 0 aliphatic carbocycles. The van der Waals surface area contributed by atoms with Crippen molar-refractivity contribution in [3.8, 4) is 0 Å². The molecule has 0 spiro atoms. The number of esters is 1. The molecule has 2 unspecified atom stereocenters. The largest absolute Gasteiger partial charge is 0.468 e. The average molecular weight is 443 g/mol. The summed E-state index contributed by atoms with van der Waals surface area (Å²) >= 11 is 6.82. The minimum Gasteiger partial charge on any atom is -0.468 e. The second kappa shape index (κ2) is 8.87. The van der Waals surface area contributed by atoms with Crippen LogP contribution < -0.4 is 4.72 Å². The van der Waals surface area contributed by atoms with E-state index in [0.717, 1.165) is 12.7 Å². The maximum Gasteiger partial charge on any atom is 0.322 e. The van der Waals surface area contributed by atoms with Crippen molar-refractivity contribution in [2.75, 3.05) is 18.2 Å². The lowest BCUT2D eigenvalue weighted by molar-refractivity contribution is -0.137. The van der Waals surface area contributed by atoms with Gasteiger partial charge in [-0.25, -0.2) is 13.1 Å². The minimum atomic E-state index is -3.75. The zero-order valence-corrected chi connectivity index (χ0v) is 15.4. The summed E-state index contributed by atoms with van der Waals surface area (Å²) in [6, 6.07) is 8.82. The predicted octanol–water partition coefficient (Wildman–Crippen LogP) is 2.37. The number of nitrogens with one attached hydrogen (secondary N) is 1. The zero-order valence-electron chi connectivity index (χ0n) is 11.5. The van der Waals surface area contributed by atoms with Gasteiger partial charge in [0.25, 0.3) is 0 Å². The van der Waals surface area contributed by atoms with Gasteiger partial charge in [0.15, 0.2) is 5.75 Å². The monoisotopic (exact) mass is 441 g/mol. The summed E-state index contributed by atoms with van der Waals surface area (Å²) < 4.78 is 31.0. The molecule has 0 bridgehead atoms. The highest BCUT2D eigenvalue weighted by molar-refractivity contribution is 9.12. The van der Waals surface area contributed by atoms with Crippen molar-refractivity contribution in [3.05, 3.63) is 35.9 Å². The van der Waals surface area contributed by atoms with E-state index in [1.165, 1.54) is 0 Å². The van der Waals surface area contributed by atoms with Gasteiger partial charge in [-0.1, -0.05) is 62.2 Å². The average Bonchev–Trinajstić information content (AvgIpc) is 2.46. The lowest BCUT2D eigenvalue weighted by atomic mass is 10.0. The molecule has 118 valence electrons. The number of hydrogen-bond acceptors (Lipinski definition) is 4. The Hall–Kier alpha value is -0.440. The number of alkyl halides is 2. The van der Waals surface area contributed by atoms with Crippen LogP contribution in [-0.4, -0.2) is 37.4 Å². The molecule has 1 aromatic rings. The van der Waals surface area contributed by atoms with Crippen molar-refractivity contribution in [3.63, 3.8) is 0 Å². The Labute approximate surface area is 141 Å². The van der Waals surface area contributed by atoms with Crippen molar-refractivity contribution < 1.29 is 17.9 Å². The Morgan fingerprint density at radius 3 is 2.48 bits per heavy atom. The van der Waals surface area contributed by atoms with Crippen LogP contribution in [0, 0.1) is 0 Å². The number of sulfonamides is 1. The molecule has 1 rings (SSSR count). The van der Waals surface area contributed by atoms with Crippen LogP contribution in [0.4, 0.5) is 0 Å². The number of methoxy groups -OCH3 is 1. The molecular weight excluding hydrogens is 426 g/mol. The van der Waals surface area contributed by atoms with Crippen molar-refractivity contribution >= 4 is 47.9 Å².